The highest BCUT2D eigenvalue weighted by molar-refractivity contribution is 6.18. The molecule has 0 heterocycles. The minimum atomic E-state index is -0.598. The molecule has 0 saturated carbocycles. The lowest BCUT2D eigenvalue weighted by atomic mass is 10.4. The molecule has 0 aromatic carbocycles. The van der Waals surface area contributed by atoms with E-state index in [9.17, 15) is 0 Å². The molecule has 5 heteroatoms. The van der Waals surface area contributed by atoms with Crippen LogP contribution in [0.3, 0.4) is 0 Å². The maximum Gasteiger partial charge on any atom is 0.282 e. The zero-order valence-electron chi connectivity index (χ0n) is 5.62. The SMILES string of the molecule is C.[B]OCCOCC(O)CCl. The second kappa shape index (κ2) is 10.2. The molecule has 1 N–H and O–H groups in total. The van der Waals surface area contributed by atoms with Crippen molar-refractivity contribution in [3.05, 3.63) is 0 Å². The van der Waals surface area contributed by atoms with Gasteiger partial charge in [-0.05, 0) is 0 Å². The van der Waals surface area contributed by atoms with Crippen molar-refractivity contribution in [1.29, 1.82) is 0 Å². The van der Waals surface area contributed by atoms with Crippen molar-refractivity contribution in [3.8, 4) is 0 Å². The van der Waals surface area contributed by atoms with E-state index >= 15 is 0 Å². The van der Waals surface area contributed by atoms with Crippen LogP contribution >= 0.6 is 11.6 Å². The molecule has 66 valence electrons. The van der Waals surface area contributed by atoms with E-state index in [0.717, 1.165) is 0 Å². The minimum Gasteiger partial charge on any atom is -0.445 e. The third kappa shape index (κ3) is 10.2. The van der Waals surface area contributed by atoms with E-state index in [4.69, 9.17) is 29.5 Å². The summed E-state index contributed by atoms with van der Waals surface area (Å²) in [4.78, 5) is 0. The molecule has 0 spiro atoms. The van der Waals surface area contributed by atoms with E-state index in [2.05, 4.69) is 4.65 Å². The van der Waals surface area contributed by atoms with Gasteiger partial charge in [-0.3, -0.25) is 0 Å². The van der Waals surface area contributed by atoms with Crippen LogP contribution in [0.2, 0.25) is 0 Å². The number of aliphatic hydroxyl groups excluding tert-OH is 1. The molecule has 0 rings (SSSR count). The summed E-state index contributed by atoms with van der Waals surface area (Å²) in [5.74, 6) is 0.184. The molecule has 0 aliphatic heterocycles. The Bertz CT molecular complexity index is 74.8. The molecule has 0 amide bonds. The van der Waals surface area contributed by atoms with Crippen molar-refractivity contribution in [2.24, 2.45) is 0 Å². The summed E-state index contributed by atoms with van der Waals surface area (Å²) < 4.78 is 9.10. The molecule has 0 bridgehead atoms. The quantitative estimate of drug-likeness (QED) is 0.364. The highest BCUT2D eigenvalue weighted by Gasteiger charge is 1.99. The predicted octanol–water partition coefficient (Wildman–Crippen LogP) is 0.339. The number of halogens is 1. The number of hydrogen-bond donors (Lipinski definition) is 1. The van der Waals surface area contributed by atoms with Gasteiger partial charge in [-0.2, -0.15) is 0 Å². The zero-order chi connectivity index (χ0) is 7.82. The molecule has 0 saturated heterocycles. The van der Waals surface area contributed by atoms with Gasteiger partial charge in [0, 0.05) is 0 Å². The number of alkyl halides is 1. The van der Waals surface area contributed by atoms with Gasteiger partial charge in [0.25, 0.3) is 8.05 Å². The Morgan fingerprint density at radius 1 is 1.45 bits per heavy atom. The summed E-state index contributed by atoms with van der Waals surface area (Å²) in [5.41, 5.74) is 0. The lowest BCUT2D eigenvalue weighted by molar-refractivity contribution is 0.0354. The predicted molar refractivity (Wildman–Crippen MR) is 46.0 cm³/mol. The molecule has 0 aliphatic carbocycles. The third-order valence-electron chi connectivity index (χ3n) is 0.834. The summed E-state index contributed by atoms with van der Waals surface area (Å²) in [7, 11) is 4.71. The molecule has 0 fully saturated rings. The standard InChI is InChI=1S/C5H10BClO3.CH4/c6-10-2-1-9-4-5(8)3-7;/h5,8H,1-4H2;1H4. The smallest absolute Gasteiger partial charge is 0.282 e. The van der Waals surface area contributed by atoms with Gasteiger partial charge in [-0.15, -0.1) is 11.6 Å². The average Bonchev–Trinajstić information content (AvgIpc) is 1.98. The van der Waals surface area contributed by atoms with E-state index in [0.29, 0.717) is 13.2 Å². The van der Waals surface area contributed by atoms with Gasteiger partial charge in [0.1, 0.15) is 0 Å². The van der Waals surface area contributed by atoms with Gasteiger partial charge < -0.3 is 14.5 Å². The first-order chi connectivity index (χ1) is 4.81. The minimum absolute atomic E-state index is 0. The molecule has 0 aromatic rings. The number of hydrogen-bond acceptors (Lipinski definition) is 3. The summed E-state index contributed by atoms with van der Waals surface area (Å²) >= 11 is 5.28. The molecule has 3 nitrogen and oxygen atoms in total. The van der Waals surface area contributed by atoms with Crippen molar-refractivity contribution in [3.63, 3.8) is 0 Å². The van der Waals surface area contributed by atoms with E-state index in [1.54, 1.807) is 0 Å². The van der Waals surface area contributed by atoms with Crippen molar-refractivity contribution in [2.75, 3.05) is 25.7 Å². The first-order valence-corrected chi connectivity index (χ1v) is 3.48. The van der Waals surface area contributed by atoms with E-state index in [1.807, 2.05) is 0 Å². The van der Waals surface area contributed by atoms with Gasteiger partial charge in [0.2, 0.25) is 0 Å². The van der Waals surface area contributed by atoms with Crippen LogP contribution < -0.4 is 0 Å². The highest BCUT2D eigenvalue weighted by Crippen LogP contribution is 1.88. The normalized spacial score (nSPS) is 12.2. The Hall–Kier alpha value is 0.235. The molecular formula is C6H14BClO3. The number of aliphatic hydroxyl groups is 1. The van der Waals surface area contributed by atoms with E-state index in [-0.39, 0.29) is 19.9 Å². The Kier molecular flexibility index (Phi) is 12.8. The fraction of sp³-hybridized carbons (Fsp3) is 1.00. The molecule has 2 radical (unpaired) electrons. The molecule has 0 aliphatic rings. The van der Waals surface area contributed by atoms with Gasteiger partial charge in [0.15, 0.2) is 0 Å². The Balaban J connectivity index is 0. The van der Waals surface area contributed by atoms with Crippen molar-refractivity contribution in [2.45, 2.75) is 13.5 Å². The molecule has 1 unspecified atom stereocenters. The van der Waals surface area contributed by atoms with Crippen LogP contribution in [0.25, 0.3) is 0 Å². The molecule has 1 atom stereocenters. The summed E-state index contributed by atoms with van der Waals surface area (Å²) in [6.07, 6.45) is -0.598. The van der Waals surface area contributed by atoms with Crippen LogP contribution in [0.5, 0.6) is 0 Å². The Morgan fingerprint density at radius 3 is 2.55 bits per heavy atom. The largest absolute Gasteiger partial charge is 0.445 e. The van der Waals surface area contributed by atoms with Gasteiger partial charge in [-0.25, -0.2) is 0 Å². The first-order valence-electron chi connectivity index (χ1n) is 2.94. The van der Waals surface area contributed by atoms with Crippen LogP contribution in [0.1, 0.15) is 7.43 Å². The first kappa shape index (κ1) is 13.8. The summed E-state index contributed by atoms with van der Waals surface area (Å²) in [6, 6.07) is 0. The monoisotopic (exact) mass is 180 g/mol. The van der Waals surface area contributed by atoms with Gasteiger partial charge in [0.05, 0.1) is 31.8 Å². The molecule has 0 aromatic heterocycles. The summed E-state index contributed by atoms with van der Waals surface area (Å²) in [6.45, 7) is 0.937. The topological polar surface area (TPSA) is 38.7 Å². The highest BCUT2D eigenvalue weighted by atomic mass is 35.5. The van der Waals surface area contributed by atoms with Crippen LogP contribution in [0.4, 0.5) is 0 Å². The fourth-order valence-corrected chi connectivity index (χ4v) is 0.460. The molecular weight excluding hydrogens is 166 g/mol. The van der Waals surface area contributed by atoms with E-state index < -0.39 is 6.10 Å². The Labute approximate surface area is 74.1 Å². The van der Waals surface area contributed by atoms with E-state index in [1.165, 1.54) is 0 Å². The lowest BCUT2D eigenvalue weighted by Gasteiger charge is -2.06. The van der Waals surface area contributed by atoms with Crippen LogP contribution in [0.15, 0.2) is 0 Å². The van der Waals surface area contributed by atoms with Crippen LogP contribution in [0, 0.1) is 0 Å². The second-order valence-electron chi connectivity index (χ2n) is 1.75. The van der Waals surface area contributed by atoms with Crippen LogP contribution in [-0.4, -0.2) is 45.0 Å². The number of rotatable bonds is 6. The average molecular weight is 180 g/mol. The van der Waals surface area contributed by atoms with Crippen LogP contribution in [-0.2, 0) is 9.39 Å². The maximum atomic E-state index is 8.83. The number of ether oxygens (including phenoxy) is 1. The second-order valence-corrected chi connectivity index (χ2v) is 2.06. The van der Waals surface area contributed by atoms with Gasteiger partial charge >= 0.3 is 0 Å². The maximum absolute atomic E-state index is 8.83. The lowest BCUT2D eigenvalue weighted by Crippen LogP contribution is -2.18. The third-order valence-corrected chi connectivity index (χ3v) is 1.19. The van der Waals surface area contributed by atoms with Gasteiger partial charge in [-0.1, -0.05) is 7.43 Å². The van der Waals surface area contributed by atoms with Crippen molar-refractivity contribution < 1.29 is 14.5 Å². The van der Waals surface area contributed by atoms with Crippen molar-refractivity contribution in [1.82, 2.24) is 0 Å². The molecule has 11 heavy (non-hydrogen) atoms. The fourth-order valence-electron chi connectivity index (χ4n) is 0.371. The summed E-state index contributed by atoms with van der Waals surface area (Å²) in [5, 5.41) is 8.83. The van der Waals surface area contributed by atoms with Crippen molar-refractivity contribution >= 4 is 19.7 Å². The Morgan fingerprint density at radius 2 is 2.09 bits per heavy atom. The zero-order valence-corrected chi connectivity index (χ0v) is 6.38.